The Bertz CT molecular complexity index is 600. The van der Waals surface area contributed by atoms with E-state index in [1.165, 1.54) is 4.31 Å². The first-order valence-electron chi connectivity index (χ1n) is 6.43. The molecular weight excluding hydrogens is 280 g/mol. The lowest BCUT2D eigenvalue weighted by molar-refractivity contribution is -0.136. The first-order chi connectivity index (χ1) is 9.40. The molecule has 7 heteroatoms. The lowest BCUT2D eigenvalue weighted by Gasteiger charge is -2.25. The second kappa shape index (κ2) is 5.80. The molecule has 1 atom stereocenters. The highest BCUT2D eigenvalue weighted by molar-refractivity contribution is 7.92. The molecule has 0 aromatic heterocycles. The SMILES string of the molecule is CC1CN(S(=O)(=O)CCC(=O)O)c2ccccc2CN1. The molecule has 110 valence electrons. The van der Waals surface area contributed by atoms with Gasteiger partial charge in [0, 0.05) is 19.1 Å². The second-order valence-corrected chi connectivity index (χ2v) is 6.91. The summed E-state index contributed by atoms with van der Waals surface area (Å²) < 4.78 is 26.1. The van der Waals surface area contributed by atoms with E-state index in [0.29, 0.717) is 18.8 Å². The molecule has 0 aliphatic carbocycles. The van der Waals surface area contributed by atoms with Crippen LogP contribution in [-0.4, -0.2) is 37.8 Å². The molecule has 1 aliphatic rings. The van der Waals surface area contributed by atoms with Crippen molar-refractivity contribution in [3.05, 3.63) is 29.8 Å². The maximum absolute atomic E-state index is 12.4. The molecule has 2 N–H and O–H groups in total. The highest BCUT2D eigenvalue weighted by Gasteiger charge is 2.28. The van der Waals surface area contributed by atoms with E-state index in [-0.39, 0.29) is 18.2 Å². The number of benzene rings is 1. The largest absolute Gasteiger partial charge is 0.481 e. The minimum atomic E-state index is -3.64. The van der Waals surface area contributed by atoms with Crippen molar-refractivity contribution in [1.29, 1.82) is 0 Å². The van der Waals surface area contributed by atoms with E-state index in [4.69, 9.17) is 5.11 Å². The number of fused-ring (bicyclic) bond motifs is 1. The number of nitrogens with zero attached hydrogens (tertiary/aromatic N) is 1. The number of carboxylic acid groups (broad SMARTS) is 1. The molecule has 1 heterocycles. The Balaban J connectivity index is 2.35. The van der Waals surface area contributed by atoms with Crippen LogP contribution in [0, 0.1) is 0 Å². The smallest absolute Gasteiger partial charge is 0.304 e. The Kier molecular flexibility index (Phi) is 4.29. The fourth-order valence-corrected chi connectivity index (χ4v) is 3.77. The van der Waals surface area contributed by atoms with E-state index in [1.54, 1.807) is 12.1 Å². The van der Waals surface area contributed by atoms with Gasteiger partial charge in [0.25, 0.3) is 0 Å². The second-order valence-electron chi connectivity index (χ2n) is 4.90. The van der Waals surface area contributed by atoms with Crippen LogP contribution in [0.1, 0.15) is 18.9 Å². The molecule has 2 rings (SSSR count). The first kappa shape index (κ1) is 14.8. The minimum Gasteiger partial charge on any atom is -0.481 e. The van der Waals surface area contributed by atoms with Gasteiger partial charge in [0.15, 0.2) is 0 Å². The number of para-hydroxylation sites is 1. The average molecular weight is 298 g/mol. The van der Waals surface area contributed by atoms with Crippen LogP contribution < -0.4 is 9.62 Å². The predicted octanol–water partition coefficient (Wildman–Crippen LogP) is 0.789. The topological polar surface area (TPSA) is 86.7 Å². The fraction of sp³-hybridized carbons (Fsp3) is 0.462. The highest BCUT2D eigenvalue weighted by atomic mass is 32.2. The molecule has 1 aliphatic heterocycles. The molecule has 0 spiro atoms. The molecule has 1 aromatic carbocycles. The average Bonchev–Trinajstić information content (AvgIpc) is 2.57. The van der Waals surface area contributed by atoms with Crippen LogP contribution in [0.15, 0.2) is 24.3 Å². The van der Waals surface area contributed by atoms with E-state index in [9.17, 15) is 13.2 Å². The van der Waals surface area contributed by atoms with Gasteiger partial charge in [-0.2, -0.15) is 0 Å². The van der Waals surface area contributed by atoms with Crippen molar-refractivity contribution in [1.82, 2.24) is 5.32 Å². The quantitative estimate of drug-likeness (QED) is 0.858. The van der Waals surface area contributed by atoms with Gasteiger partial charge in [0.1, 0.15) is 0 Å². The van der Waals surface area contributed by atoms with Crippen molar-refractivity contribution < 1.29 is 18.3 Å². The number of aliphatic carboxylic acids is 1. The molecule has 0 radical (unpaired) electrons. The lowest BCUT2D eigenvalue weighted by Crippen LogP contribution is -2.41. The van der Waals surface area contributed by atoms with Crippen LogP contribution in [-0.2, 0) is 21.4 Å². The maximum Gasteiger partial charge on any atom is 0.304 e. The molecule has 0 bridgehead atoms. The number of rotatable bonds is 4. The molecule has 1 unspecified atom stereocenters. The molecule has 6 nitrogen and oxygen atoms in total. The summed E-state index contributed by atoms with van der Waals surface area (Å²) in [4.78, 5) is 10.6. The molecular formula is C13H18N2O4S. The van der Waals surface area contributed by atoms with Gasteiger partial charge in [0.05, 0.1) is 17.9 Å². The van der Waals surface area contributed by atoms with Crippen LogP contribution in [0.2, 0.25) is 0 Å². The molecule has 20 heavy (non-hydrogen) atoms. The Morgan fingerprint density at radius 2 is 2.15 bits per heavy atom. The minimum absolute atomic E-state index is 0.00185. The third-order valence-electron chi connectivity index (χ3n) is 3.25. The zero-order valence-electron chi connectivity index (χ0n) is 11.2. The van der Waals surface area contributed by atoms with Crippen molar-refractivity contribution in [2.24, 2.45) is 0 Å². The summed E-state index contributed by atoms with van der Waals surface area (Å²) in [6.45, 7) is 2.81. The summed E-state index contributed by atoms with van der Waals surface area (Å²) in [7, 11) is -3.64. The number of carbonyl (C=O) groups is 1. The normalized spacial score (nSPS) is 19.2. The van der Waals surface area contributed by atoms with Gasteiger partial charge in [-0.3, -0.25) is 9.10 Å². The van der Waals surface area contributed by atoms with Crippen LogP contribution >= 0.6 is 0 Å². The van der Waals surface area contributed by atoms with E-state index in [1.807, 2.05) is 19.1 Å². The summed E-state index contributed by atoms with van der Waals surface area (Å²) >= 11 is 0. The number of anilines is 1. The Morgan fingerprint density at radius 3 is 2.85 bits per heavy atom. The third kappa shape index (κ3) is 3.29. The van der Waals surface area contributed by atoms with Crippen LogP contribution in [0.25, 0.3) is 0 Å². The summed E-state index contributed by atoms with van der Waals surface area (Å²) in [6, 6.07) is 7.28. The van der Waals surface area contributed by atoms with E-state index < -0.39 is 16.0 Å². The Hall–Kier alpha value is -1.60. The molecule has 0 saturated heterocycles. The number of hydrogen-bond acceptors (Lipinski definition) is 4. The predicted molar refractivity (Wildman–Crippen MR) is 76.1 cm³/mol. The number of carboxylic acids is 1. The van der Waals surface area contributed by atoms with Gasteiger partial charge in [-0.1, -0.05) is 18.2 Å². The van der Waals surface area contributed by atoms with Crippen molar-refractivity contribution in [3.63, 3.8) is 0 Å². The van der Waals surface area contributed by atoms with Gasteiger partial charge in [-0.15, -0.1) is 0 Å². The van der Waals surface area contributed by atoms with E-state index in [0.717, 1.165) is 5.56 Å². The van der Waals surface area contributed by atoms with Gasteiger partial charge >= 0.3 is 5.97 Å². The number of nitrogens with one attached hydrogen (secondary N) is 1. The van der Waals surface area contributed by atoms with E-state index in [2.05, 4.69) is 5.32 Å². The monoisotopic (exact) mass is 298 g/mol. The fourth-order valence-electron chi connectivity index (χ4n) is 2.19. The van der Waals surface area contributed by atoms with Crippen molar-refractivity contribution >= 4 is 21.7 Å². The molecule has 0 fully saturated rings. The van der Waals surface area contributed by atoms with Crippen molar-refractivity contribution in [3.8, 4) is 0 Å². The highest BCUT2D eigenvalue weighted by Crippen LogP contribution is 2.26. The van der Waals surface area contributed by atoms with Crippen molar-refractivity contribution in [2.45, 2.75) is 25.9 Å². The number of hydrogen-bond donors (Lipinski definition) is 2. The number of sulfonamides is 1. The van der Waals surface area contributed by atoms with Crippen LogP contribution in [0.4, 0.5) is 5.69 Å². The Morgan fingerprint density at radius 1 is 1.45 bits per heavy atom. The standard InChI is InChI=1S/C13H18N2O4S/c1-10-9-15(20(18,19)7-6-13(16)17)12-5-3-2-4-11(12)8-14-10/h2-5,10,14H,6-9H2,1H3,(H,16,17). The van der Waals surface area contributed by atoms with Gasteiger partial charge in [0.2, 0.25) is 10.0 Å². The summed E-state index contributed by atoms with van der Waals surface area (Å²) in [6.07, 6.45) is -0.386. The van der Waals surface area contributed by atoms with Crippen molar-refractivity contribution in [2.75, 3.05) is 16.6 Å². The van der Waals surface area contributed by atoms with Crippen LogP contribution in [0.3, 0.4) is 0 Å². The molecule has 0 saturated carbocycles. The maximum atomic E-state index is 12.4. The third-order valence-corrected chi connectivity index (χ3v) is 4.99. The summed E-state index contributed by atoms with van der Waals surface area (Å²) in [5.74, 6) is -1.49. The molecule has 1 aromatic rings. The van der Waals surface area contributed by atoms with Crippen LogP contribution in [0.5, 0.6) is 0 Å². The molecule has 0 amide bonds. The Labute approximate surface area is 118 Å². The van der Waals surface area contributed by atoms with Gasteiger partial charge < -0.3 is 10.4 Å². The first-order valence-corrected chi connectivity index (χ1v) is 8.04. The van der Waals surface area contributed by atoms with Gasteiger partial charge in [-0.05, 0) is 18.6 Å². The summed E-state index contributed by atoms with van der Waals surface area (Å²) in [5.41, 5.74) is 1.53. The van der Waals surface area contributed by atoms with E-state index >= 15 is 0 Å². The summed E-state index contributed by atoms with van der Waals surface area (Å²) in [5, 5.41) is 11.9. The lowest BCUT2D eigenvalue weighted by atomic mass is 10.2. The zero-order chi connectivity index (χ0) is 14.8. The zero-order valence-corrected chi connectivity index (χ0v) is 12.1. The van der Waals surface area contributed by atoms with Gasteiger partial charge in [-0.25, -0.2) is 8.42 Å².